The molecule has 7 N–H and O–H groups in total. The lowest BCUT2D eigenvalue weighted by Gasteiger charge is -2.22. The minimum Gasteiger partial charge on any atom is -0.450 e. The normalized spacial score (nSPS) is 15.1. The molecule has 17 heavy (non-hydrogen) atoms. The summed E-state index contributed by atoms with van der Waals surface area (Å²) in [5.74, 6) is 0.0216. The zero-order valence-electron chi connectivity index (χ0n) is 9.43. The van der Waals surface area contributed by atoms with Gasteiger partial charge in [0.05, 0.1) is 0 Å². The highest BCUT2D eigenvalue weighted by atomic mass is 32.1. The van der Waals surface area contributed by atoms with Gasteiger partial charge in [0.2, 0.25) is 0 Å². The van der Waals surface area contributed by atoms with Crippen LogP contribution < -0.4 is 16.8 Å². The van der Waals surface area contributed by atoms with Crippen LogP contribution in [0.2, 0.25) is 0 Å². The number of nitrogens with two attached hydrogens (primary N) is 2. The molecule has 0 radical (unpaired) electrons. The summed E-state index contributed by atoms with van der Waals surface area (Å²) in [4.78, 5) is 12.3. The van der Waals surface area contributed by atoms with E-state index in [1.165, 1.54) is 32.1 Å². The molecular formula is C9H18N4O3S. The molecular weight excluding hydrogens is 244 g/mol. The molecule has 1 fully saturated rings. The van der Waals surface area contributed by atoms with Crippen molar-refractivity contribution in [2.24, 2.45) is 16.5 Å². The Hall–Kier alpha value is -1.57. The highest BCUT2D eigenvalue weighted by Gasteiger charge is 2.13. The average Bonchev–Trinajstić information content (AvgIpc) is 2.16. The summed E-state index contributed by atoms with van der Waals surface area (Å²) in [6.45, 7) is 0. The van der Waals surface area contributed by atoms with E-state index >= 15 is 0 Å². The van der Waals surface area contributed by atoms with Crippen LogP contribution in [0.25, 0.3) is 0 Å². The van der Waals surface area contributed by atoms with Gasteiger partial charge in [0.1, 0.15) is 0 Å². The number of nitrogens with zero attached hydrogens (tertiary/aromatic N) is 1. The molecule has 0 aliphatic heterocycles. The van der Waals surface area contributed by atoms with Gasteiger partial charge in [-0.25, -0.2) is 4.79 Å². The Bertz CT molecular complexity index is 282. The number of carbonyl (C=O) groups is 1. The first-order chi connectivity index (χ1) is 7.91. The van der Waals surface area contributed by atoms with Crippen molar-refractivity contribution in [1.82, 2.24) is 5.32 Å². The third-order valence-electron chi connectivity index (χ3n) is 2.16. The van der Waals surface area contributed by atoms with Gasteiger partial charge < -0.3 is 27.0 Å². The monoisotopic (exact) mass is 262 g/mol. The van der Waals surface area contributed by atoms with E-state index in [2.05, 4.69) is 10.3 Å². The zero-order valence-corrected chi connectivity index (χ0v) is 10.2. The third-order valence-corrected chi connectivity index (χ3v) is 2.37. The summed E-state index contributed by atoms with van der Waals surface area (Å²) in [5, 5.41) is 17.5. The first-order valence-corrected chi connectivity index (χ1v) is 5.64. The molecule has 0 spiro atoms. The molecule has 0 heterocycles. The second-order valence-corrected chi connectivity index (χ2v) is 3.99. The largest absolute Gasteiger partial charge is 0.503 e. The molecule has 8 heteroatoms. The second kappa shape index (κ2) is 8.57. The molecule has 0 aromatic rings. The Morgan fingerprint density at radius 2 is 1.71 bits per heavy atom. The average molecular weight is 262 g/mol. The molecule has 0 saturated heterocycles. The zero-order chi connectivity index (χ0) is 13.3. The van der Waals surface area contributed by atoms with Crippen LogP contribution in [0.3, 0.4) is 0 Å². The number of nitrogens with one attached hydrogen (secondary N) is 1. The van der Waals surface area contributed by atoms with Gasteiger partial charge >= 0.3 is 6.16 Å². The maximum absolute atomic E-state index is 8.56. The molecule has 0 amide bonds. The van der Waals surface area contributed by atoms with Crippen molar-refractivity contribution in [3.8, 4) is 0 Å². The van der Waals surface area contributed by atoms with Crippen LogP contribution in [-0.2, 0) is 0 Å². The minimum atomic E-state index is -1.83. The van der Waals surface area contributed by atoms with Crippen LogP contribution >= 0.6 is 12.2 Å². The highest BCUT2D eigenvalue weighted by Crippen LogP contribution is 2.17. The van der Waals surface area contributed by atoms with Gasteiger partial charge in [0.25, 0.3) is 0 Å². The van der Waals surface area contributed by atoms with Crippen molar-refractivity contribution in [2.75, 3.05) is 0 Å². The Morgan fingerprint density at radius 1 is 1.24 bits per heavy atom. The van der Waals surface area contributed by atoms with Crippen molar-refractivity contribution in [2.45, 2.75) is 38.1 Å². The smallest absolute Gasteiger partial charge is 0.450 e. The first-order valence-electron chi connectivity index (χ1n) is 5.24. The number of hydrogen-bond donors (Lipinski definition) is 5. The van der Waals surface area contributed by atoms with Crippen molar-refractivity contribution in [3.63, 3.8) is 0 Å². The van der Waals surface area contributed by atoms with Crippen molar-refractivity contribution in [3.05, 3.63) is 0 Å². The van der Waals surface area contributed by atoms with Crippen molar-refractivity contribution >= 4 is 29.4 Å². The van der Waals surface area contributed by atoms with Crippen LogP contribution in [-0.4, -0.2) is 33.5 Å². The summed E-state index contributed by atoms with van der Waals surface area (Å²) in [7, 11) is 0. The standard InChI is InChI=1S/C8H16N4S.CH2O3/c9-7(10)12-8(13)11-6-4-2-1-3-5-6;2-1(3)4/h6H,1-5H2,(H5,9,10,11,12,13);(H2,2,3,4). The molecule has 1 aliphatic rings. The lowest BCUT2D eigenvalue weighted by molar-refractivity contribution is 0.137. The summed E-state index contributed by atoms with van der Waals surface area (Å²) in [6.07, 6.45) is 4.36. The van der Waals surface area contributed by atoms with Crippen LogP contribution in [0.15, 0.2) is 4.99 Å². The SMILES string of the molecule is NC(N)=NC(=S)NC1CCCCC1.O=C(O)O. The molecule has 0 atom stereocenters. The van der Waals surface area contributed by atoms with E-state index in [-0.39, 0.29) is 5.96 Å². The molecule has 98 valence electrons. The summed E-state index contributed by atoms with van der Waals surface area (Å²) in [5.41, 5.74) is 10.4. The lowest BCUT2D eigenvalue weighted by Crippen LogP contribution is -2.36. The number of guanidine groups is 1. The van der Waals surface area contributed by atoms with Gasteiger partial charge in [0.15, 0.2) is 11.1 Å². The summed E-state index contributed by atoms with van der Waals surface area (Å²) < 4.78 is 0. The number of thiocarbonyl (C=S) groups is 1. The predicted octanol–water partition coefficient (Wildman–Crippen LogP) is 0.689. The quantitative estimate of drug-likeness (QED) is 0.266. The van der Waals surface area contributed by atoms with Gasteiger partial charge in [-0.15, -0.1) is 0 Å². The van der Waals surface area contributed by atoms with Gasteiger partial charge in [0, 0.05) is 6.04 Å². The van der Waals surface area contributed by atoms with Gasteiger partial charge in [-0.05, 0) is 25.1 Å². The Kier molecular flexibility index (Phi) is 7.78. The summed E-state index contributed by atoms with van der Waals surface area (Å²) >= 11 is 4.95. The first kappa shape index (κ1) is 15.4. The van der Waals surface area contributed by atoms with Gasteiger partial charge in [-0.3, -0.25) is 0 Å². The molecule has 0 bridgehead atoms. The molecule has 0 aromatic carbocycles. The van der Waals surface area contributed by atoms with Crippen LogP contribution in [0.1, 0.15) is 32.1 Å². The predicted molar refractivity (Wildman–Crippen MR) is 69.1 cm³/mol. The lowest BCUT2D eigenvalue weighted by atomic mass is 9.96. The maximum atomic E-state index is 8.56. The molecule has 1 rings (SSSR count). The van der Waals surface area contributed by atoms with Crippen molar-refractivity contribution < 1.29 is 15.0 Å². The number of rotatable bonds is 1. The van der Waals surface area contributed by atoms with Crippen LogP contribution in [0, 0.1) is 0 Å². The number of hydrogen-bond acceptors (Lipinski definition) is 2. The van der Waals surface area contributed by atoms with E-state index < -0.39 is 6.16 Å². The fourth-order valence-corrected chi connectivity index (χ4v) is 1.84. The minimum absolute atomic E-state index is 0.0216. The van der Waals surface area contributed by atoms with Gasteiger partial charge in [-0.1, -0.05) is 19.3 Å². The third kappa shape index (κ3) is 10.7. The number of aliphatic imine (C=N–C) groups is 1. The Labute approximate surface area is 105 Å². The highest BCUT2D eigenvalue weighted by molar-refractivity contribution is 7.80. The molecule has 0 aromatic heterocycles. The van der Waals surface area contributed by atoms with E-state index in [4.69, 9.17) is 38.7 Å². The fourth-order valence-electron chi connectivity index (χ4n) is 1.57. The molecule has 1 aliphatic carbocycles. The van der Waals surface area contributed by atoms with Gasteiger partial charge in [-0.2, -0.15) is 4.99 Å². The second-order valence-electron chi connectivity index (χ2n) is 3.60. The van der Waals surface area contributed by atoms with E-state index in [0.717, 1.165) is 0 Å². The van der Waals surface area contributed by atoms with Crippen LogP contribution in [0.5, 0.6) is 0 Å². The molecule has 0 unspecified atom stereocenters. The maximum Gasteiger partial charge on any atom is 0.503 e. The van der Waals surface area contributed by atoms with E-state index in [0.29, 0.717) is 11.2 Å². The van der Waals surface area contributed by atoms with E-state index in [1.807, 2.05) is 0 Å². The Balaban J connectivity index is 0.000000557. The van der Waals surface area contributed by atoms with Crippen molar-refractivity contribution in [1.29, 1.82) is 0 Å². The Morgan fingerprint density at radius 3 is 2.12 bits per heavy atom. The number of carboxylic acid groups (broad SMARTS) is 2. The fraction of sp³-hybridized carbons (Fsp3) is 0.667. The topological polar surface area (TPSA) is 134 Å². The van der Waals surface area contributed by atoms with E-state index in [9.17, 15) is 0 Å². The van der Waals surface area contributed by atoms with E-state index in [1.54, 1.807) is 0 Å². The molecule has 7 nitrogen and oxygen atoms in total. The molecule has 1 saturated carbocycles. The van der Waals surface area contributed by atoms with Crippen LogP contribution in [0.4, 0.5) is 4.79 Å². The summed E-state index contributed by atoms with van der Waals surface area (Å²) in [6, 6.07) is 0.462.